The number of nitrogens with zero attached hydrogens (tertiary/aromatic N) is 1. The molecule has 1 aliphatic rings. The SMILES string of the molecule is CC1SCCN1C(=O)c1ccccc1I. The highest BCUT2D eigenvalue weighted by atomic mass is 127. The van der Waals surface area contributed by atoms with Crippen LogP contribution in [-0.2, 0) is 0 Å². The summed E-state index contributed by atoms with van der Waals surface area (Å²) in [6, 6.07) is 7.76. The molecule has 2 rings (SSSR count). The van der Waals surface area contributed by atoms with Gasteiger partial charge in [-0.25, -0.2) is 0 Å². The van der Waals surface area contributed by atoms with Crippen molar-refractivity contribution in [1.82, 2.24) is 4.90 Å². The molecule has 0 bridgehead atoms. The average molecular weight is 333 g/mol. The van der Waals surface area contributed by atoms with Gasteiger partial charge < -0.3 is 4.90 Å². The van der Waals surface area contributed by atoms with Crippen molar-refractivity contribution >= 4 is 40.3 Å². The van der Waals surface area contributed by atoms with E-state index in [9.17, 15) is 4.79 Å². The number of amides is 1. The number of halogens is 1. The molecule has 1 atom stereocenters. The van der Waals surface area contributed by atoms with Gasteiger partial charge in [-0.05, 0) is 41.6 Å². The minimum absolute atomic E-state index is 0.164. The Morgan fingerprint density at radius 2 is 2.27 bits per heavy atom. The molecule has 0 aliphatic carbocycles. The maximum absolute atomic E-state index is 12.2. The third kappa shape index (κ3) is 2.30. The molecule has 1 heterocycles. The fraction of sp³-hybridized carbons (Fsp3) is 0.364. The lowest BCUT2D eigenvalue weighted by Crippen LogP contribution is -2.33. The zero-order chi connectivity index (χ0) is 10.8. The molecule has 80 valence electrons. The van der Waals surface area contributed by atoms with E-state index in [0.29, 0.717) is 5.37 Å². The summed E-state index contributed by atoms with van der Waals surface area (Å²) >= 11 is 4.05. The summed E-state index contributed by atoms with van der Waals surface area (Å²) < 4.78 is 1.03. The minimum atomic E-state index is 0.164. The first-order valence-electron chi connectivity index (χ1n) is 4.87. The van der Waals surface area contributed by atoms with Crippen molar-refractivity contribution in [3.63, 3.8) is 0 Å². The minimum Gasteiger partial charge on any atom is -0.326 e. The van der Waals surface area contributed by atoms with Gasteiger partial charge in [0, 0.05) is 15.9 Å². The Morgan fingerprint density at radius 1 is 1.53 bits per heavy atom. The van der Waals surface area contributed by atoms with Gasteiger partial charge in [0.25, 0.3) is 5.91 Å². The summed E-state index contributed by atoms with van der Waals surface area (Å²) in [7, 11) is 0. The Kier molecular flexibility index (Phi) is 3.56. The van der Waals surface area contributed by atoms with Crippen LogP contribution < -0.4 is 0 Å². The van der Waals surface area contributed by atoms with Crippen molar-refractivity contribution in [1.29, 1.82) is 0 Å². The molecule has 0 spiro atoms. The van der Waals surface area contributed by atoms with E-state index in [1.807, 2.05) is 40.9 Å². The van der Waals surface area contributed by atoms with Gasteiger partial charge in [0.1, 0.15) is 0 Å². The molecular formula is C11H12INOS. The first kappa shape index (κ1) is 11.3. The van der Waals surface area contributed by atoms with Crippen molar-refractivity contribution in [3.05, 3.63) is 33.4 Å². The molecule has 0 radical (unpaired) electrons. The number of hydrogen-bond acceptors (Lipinski definition) is 2. The smallest absolute Gasteiger partial charge is 0.255 e. The van der Waals surface area contributed by atoms with Gasteiger partial charge in [-0.15, -0.1) is 11.8 Å². The second kappa shape index (κ2) is 4.74. The fourth-order valence-corrected chi connectivity index (χ4v) is 3.29. The van der Waals surface area contributed by atoms with E-state index in [-0.39, 0.29) is 5.91 Å². The van der Waals surface area contributed by atoms with Gasteiger partial charge in [0.15, 0.2) is 0 Å². The molecule has 1 amide bonds. The van der Waals surface area contributed by atoms with Gasteiger partial charge in [-0.2, -0.15) is 0 Å². The van der Waals surface area contributed by atoms with Gasteiger partial charge >= 0.3 is 0 Å². The fourth-order valence-electron chi connectivity index (χ4n) is 1.65. The monoisotopic (exact) mass is 333 g/mol. The third-order valence-electron chi connectivity index (χ3n) is 2.50. The van der Waals surface area contributed by atoms with Crippen LogP contribution in [0.4, 0.5) is 0 Å². The summed E-state index contributed by atoms with van der Waals surface area (Å²) in [5, 5.41) is 0.313. The van der Waals surface area contributed by atoms with E-state index in [1.54, 1.807) is 0 Å². The Morgan fingerprint density at radius 3 is 2.87 bits per heavy atom. The second-order valence-corrected chi connectivity index (χ2v) is 6.03. The molecule has 0 aromatic heterocycles. The Balaban J connectivity index is 2.24. The highest BCUT2D eigenvalue weighted by molar-refractivity contribution is 14.1. The van der Waals surface area contributed by atoms with Crippen LogP contribution in [0.2, 0.25) is 0 Å². The van der Waals surface area contributed by atoms with E-state index >= 15 is 0 Å². The highest BCUT2D eigenvalue weighted by Crippen LogP contribution is 2.25. The van der Waals surface area contributed by atoms with Crippen LogP contribution in [0.25, 0.3) is 0 Å². The molecule has 2 nitrogen and oxygen atoms in total. The highest BCUT2D eigenvalue weighted by Gasteiger charge is 2.27. The van der Waals surface area contributed by atoms with Gasteiger partial charge in [-0.1, -0.05) is 12.1 Å². The standard InChI is InChI=1S/C11H12INOS/c1-8-13(6-7-15-8)11(14)9-4-2-3-5-10(9)12/h2-5,8H,6-7H2,1H3. The Bertz CT molecular complexity index is 383. The molecule has 0 N–H and O–H groups in total. The number of benzene rings is 1. The molecular weight excluding hydrogens is 321 g/mol. The molecule has 1 fully saturated rings. The van der Waals surface area contributed by atoms with Gasteiger partial charge in [0.05, 0.1) is 10.9 Å². The van der Waals surface area contributed by atoms with E-state index in [4.69, 9.17) is 0 Å². The van der Waals surface area contributed by atoms with Gasteiger partial charge in [0.2, 0.25) is 0 Å². The molecule has 15 heavy (non-hydrogen) atoms. The normalized spacial score (nSPS) is 20.7. The zero-order valence-electron chi connectivity index (χ0n) is 8.44. The molecule has 4 heteroatoms. The zero-order valence-corrected chi connectivity index (χ0v) is 11.4. The molecule has 1 aliphatic heterocycles. The van der Waals surface area contributed by atoms with E-state index in [1.165, 1.54) is 0 Å². The topological polar surface area (TPSA) is 20.3 Å². The number of carbonyl (C=O) groups excluding carboxylic acids is 1. The first-order chi connectivity index (χ1) is 7.20. The molecule has 0 saturated carbocycles. The molecule has 1 saturated heterocycles. The average Bonchev–Trinajstić information content (AvgIpc) is 2.64. The maximum atomic E-state index is 12.2. The van der Waals surface area contributed by atoms with Crippen molar-refractivity contribution in [2.45, 2.75) is 12.3 Å². The lowest BCUT2D eigenvalue weighted by Gasteiger charge is -2.20. The number of thioether (sulfide) groups is 1. The maximum Gasteiger partial charge on any atom is 0.255 e. The second-order valence-electron chi connectivity index (χ2n) is 3.45. The van der Waals surface area contributed by atoms with Crippen molar-refractivity contribution in [2.24, 2.45) is 0 Å². The molecule has 1 aromatic rings. The van der Waals surface area contributed by atoms with Crippen molar-refractivity contribution < 1.29 is 4.79 Å². The lowest BCUT2D eigenvalue weighted by atomic mass is 10.2. The number of hydrogen-bond donors (Lipinski definition) is 0. The predicted molar refractivity (Wildman–Crippen MR) is 72.1 cm³/mol. The molecule has 1 unspecified atom stereocenters. The van der Waals surface area contributed by atoms with E-state index in [2.05, 4.69) is 29.5 Å². The van der Waals surface area contributed by atoms with Gasteiger partial charge in [-0.3, -0.25) is 4.79 Å². The lowest BCUT2D eigenvalue weighted by molar-refractivity contribution is 0.0767. The summed E-state index contributed by atoms with van der Waals surface area (Å²) in [5.74, 6) is 1.22. The van der Waals surface area contributed by atoms with Crippen LogP contribution in [0, 0.1) is 3.57 Å². The Hall–Kier alpha value is -0.230. The Labute approximate surface area is 108 Å². The van der Waals surface area contributed by atoms with Crippen LogP contribution in [0.5, 0.6) is 0 Å². The summed E-state index contributed by atoms with van der Waals surface area (Å²) in [4.78, 5) is 14.1. The summed E-state index contributed by atoms with van der Waals surface area (Å²) in [5.41, 5.74) is 0.826. The largest absolute Gasteiger partial charge is 0.326 e. The predicted octanol–water partition coefficient (Wildman–Crippen LogP) is 2.83. The third-order valence-corrected chi connectivity index (χ3v) is 4.59. The van der Waals surface area contributed by atoms with Crippen LogP contribution in [0.3, 0.4) is 0 Å². The molecule has 1 aromatic carbocycles. The van der Waals surface area contributed by atoms with Crippen LogP contribution in [0.15, 0.2) is 24.3 Å². The van der Waals surface area contributed by atoms with Crippen LogP contribution in [0.1, 0.15) is 17.3 Å². The first-order valence-corrected chi connectivity index (χ1v) is 7.00. The quantitative estimate of drug-likeness (QED) is 0.737. The van der Waals surface area contributed by atoms with E-state index < -0.39 is 0 Å². The van der Waals surface area contributed by atoms with E-state index in [0.717, 1.165) is 21.4 Å². The van der Waals surface area contributed by atoms with Crippen LogP contribution in [-0.4, -0.2) is 28.5 Å². The number of carbonyl (C=O) groups is 1. The van der Waals surface area contributed by atoms with Crippen LogP contribution >= 0.6 is 34.4 Å². The summed E-state index contributed by atoms with van der Waals surface area (Å²) in [6.07, 6.45) is 0. The van der Waals surface area contributed by atoms with Crippen molar-refractivity contribution in [2.75, 3.05) is 12.3 Å². The van der Waals surface area contributed by atoms with Crippen molar-refractivity contribution in [3.8, 4) is 0 Å². The number of rotatable bonds is 1. The summed E-state index contributed by atoms with van der Waals surface area (Å²) in [6.45, 7) is 2.96.